The summed E-state index contributed by atoms with van der Waals surface area (Å²) in [5.41, 5.74) is 1.69. The van der Waals surface area contributed by atoms with Crippen molar-refractivity contribution in [3.63, 3.8) is 0 Å². The van der Waals surface area contributed by atoms with Gasteiger partial charge in [0.15, 0.2) is 0 Å². The Bertz CT molecular complexity index is 552. The van der Waals surface area contributed by atoms with Gasteiger partial charge in [-0.1, -0.05) is 12.1 Å². The number of carboxylic acids is 1. The normalized spacial score (nSPS) is 10.1. The third-order valence-electron chi connectivity index (χ3n) is 2.62. The van der Waals surface area contributed by atoms with Crippen molar-refractivity contribution >= 4 is 5.97 Å². The third kappa shape index (κ3) is 2.66. The van der Waals surface area contributed by atoms with Gasteiger partial charge in [-0.05, 0) is 31.2 Å². The van der Waals surface area contributed by atoms with Crippen molar-refractivity contribution in [3.8, 4) is 5.75 Å². The molecular weight excluding hydrogens is 230 g/mol. The van der Waals surface area contributed by atoms with Crippen molar-refractivity contribution in [2.75, 3.05) is 0 Å². The quantitative estimate of drug-likeness (QED) is 0.896. The largest absolute Gasteiger partial charge is 0.487 e. The molecule has 0 bridgehead atoms. The van der Waals surface area contributed by atoms with E-state index in [9.17, 15) is 4.79 Å². The molecule has 1 heterocycles. The summed E-state index contributed by atoms with van der Waals surface area (Å²) in [5, 5.41) is 9.01. The summed E-state index contributed by atoms with van der Waals surface area (Å²) in [6.07, 6.45) is 1.69. The SMILES string of the molecule is Cc1c(OCc2ccccn2)cccc1C(=O)O. The summed E-state index contributed by atoms with van der Waals surface area (Å²) in [4.78, 5) is 15.1. The van der Waals surface area contributed by atoms with E-state index in [1.807, 2.05) is 18.2 Å². The first-order valence-corrected chi connectivity index (χ1v) is 5.54. The number of rotatable bonds is 4. The Labute approximate surface area is 105 Å². The first kappa shape index (κ1) is 12.1. The highest BCUT2D eigenvalue weighted by atomic mass is 16.5. The summed E-state index contributed by atoms with van der Waals surface area (Å²) in [6, 6.07) is 10.6. The fourth-order valence-electron chi connectivity index (χ4n) is 1.64. The molecule has 0 aliphatic rings. The molecule has 0 unspecified atom stereocenters. The zero-order valence-corrected chi connectivity index (χ0v) is 9.96. The standard InChI is InChI=1S/C14H13NO3/c1-10-12(14(16)17)6-4-7-13(10)18-9-11-5-2-3-8-15-11/h2-8H,9H2,1H3,(H,16,17). The molecule has 92 valence electrons. The van der Waals surface area contributed by atoms with Gasteiger partial charge < -0.3 is 9.84 Å². The summed E-state index contributed by atoms with van der Waals surface area (Å²) in [6.45, 7) is 2.06. The van der Waals surface area contributed by atoms with E-state index in [0.717, 1.165) is 5.69 Å². The van der Waals surface area contributed by atoms with Gasteiger partial charge in [-0.15, -0.1) is 0 Å². The zero-order chi connectivity index (χ0) is 13.0. The number of aromatic nitrogens is 1. The highest BCUT2D eigenvalue weighted by Crippen LogP contribution is 2.22. The zero-order valence-electron chi connectivity index (χ0n) is 9.96. The minimum atomic E-state index is -0.948. The van der Waals surface area contributed by atoms with Gasteiger partial charge in [0.25, 0.3) is 0 Å². The lowest BCUT2D eigenvalue weighted by atomic mass is 10.1. The molecule has 0 fully saturated rings. The summed E-state index contributed by atoms with van der Waals surface area (Å²) < 4.78 is 5.59. The molecule has 1 aromatic carbocycles. The molecule has 2 rings (SSSR count). The maximum Gasteiger partial charge on any atom is 0.336 e. The van der Waals surface area contributed by atoms with Crippen LogP contribution >= 0.6 is 0 Å². The summed E-state index contributed by atoms with van der Waals surface area (Å²) in [5.74, 6) is -0.378. The molecule has 18 heavy (non-hydrogen) atoms. The topological polar surface area (TPSA) is 59.4 Å². The minimum absolute atomic E-state index is 0.258. The van der Waals surface area contributed by atoms with Crippen LogP contribution in [0.5, 0.6) is 5.75 Å². The van der Waals surface area contributed by atoms with Crippen LogP contribution in [0.2, 0.25) is 0 Å². The van der Waals surface area contributed by atoms with Crippen molar-refractivity contribution in [3.05, 3.63) is 59.4 Å². The van der Waals surface area contributed by atoms with Crippen molar-refractivity contribution in [1.29, 1.82) is 0 Å². The monoisotopic (exact) mass is 243 g/mol. The predicted octanol–water partition coefficient (Wildman–Crippen LogP) is 2.67. The van der Waals surface area contributed by atoms with E-state index >= 15 is 0 Å². The van der Waals surface area contributed by atoms with Gasteiger partial charge in [0.2, 0.25) is 0 Å². The molecule has 0 saturated heterocycles. The molecule has 4 heteroatoms. The van der Waals surface area contributed by atoms with E-state index < -0.39 is 5.97 Å². The maximum atomic E-state index is 11.0. The molecule has 1 aromatic heterocycles. The maximum absolute atomic E-state index is 11.0. The number of hydrogen-bond acceptors (Lipinski definition) is 3. The van der Waals surface area contributed by atoms with Crippen LogP contribution in [-0.4, -0.2) is 16.1 Å². The van der Waals surface area contributed by atoms with Gasteiger partial charge in [0.05, 0.1) is 11.3 Å². The Kier molecular flexibility index (Phi) is 3.57. The lowest BCUT2D eigenvalue weighted by molar-refractivity contribution is 0.0695. The van der Waals surface area contributed by atoms with E-state index in [0.29, 0.717) is 17.9 Å². The molecule has 1 N–H and O–H groups in total. The summed E-state index contributed by atoms with van der Waals surface area (Å²) >= 11 is 0. The van der Waals surface area contributed by atoms with Crippen molar-refractivity contribution in [2.24, 2.45) is 0 Å². The van der Waals surface area contributed by atoms with Crippen LogP contribution in [0.3, 0.4) is 0 Å². The van der Waals surface area contributed by atoms with Crippen LogP contribution < -0.4 is 4.74 Å². The number of nitrogens with zero attached hydrogens (tertiary/aromatic N) is 1. The van der Waals surface area contributed by atoms with E-state index in [4.69, 9.17) is 9.84 Å². The average Bonchev–Trinajstić information content (AvgIpc) is 2.38. The molecule has 4 nitrogen and oxygen atoms in total. The fourth-order valence-corrected chi connectivity index (χ4v) is 1.64. The Morgan fingerprint density at radius 2 is 2.11 bits per heavy atom. The van der Waals surface area contributed by atoms with E-state index in [1.54, 1.807) is 31.3 Å². The van der Waals surface area contributed by atoms with Crippen molar-refractivity contribution in [1.82, 2.24) is 4.98 Å². The Hall–Kier alpha value is -2.36. The molecular formula is C14H13NO3. The Morgan fingerprint density at radius 1 is 1.28 bits per heavy atom. The van der Waals surface area contributed by atoms with Crippen molar-refractivity contribution < 1.29 is 14.6 Å². The second-order valence-corrected chi connectivity index (χ2v) is 3.84. The van der Waals surface area contributed by atoms with Gasteiger partial charge >= 0.3 is 5.97 Å². The van der Waals surface area contributed by atoms with Gasteiger partial charge in [0, 0.05) is 11.8 Å². The number of pyridine rings is 1. The van der Waals surface area contributed by atoms with Crippen molar-refractivity contribution in [2.45, 2.75) is 13.5 Å². The highest BCUT2D eigenvalue weighted by molar-refractivity contribution is 5.90. The van der Waals surface area contributed by atoms with Crippen LogP contribution in [0.1, 0.15) is 21.6 Å². The second-order valence-electron chi connectivity index (χ2n) is 3.84. The van der Waals surface area contributed by atoms with Crippen LogP contribution in [-0.2, 0) is 6.61 Å². The molecule has 0 spiro atoms. The van der Waals surface area contributed by atoms with E-state index in [2.05, 4.69) is 4.98 Å². The van der Waals surface area contributed by atoms with Gasteiger partial charge in [0.1, 0.15) is 12.4 Å². The molecule has 2 aromatic rings. The molecule has 0 radical (unpaired) electrons. The van der Waals surface area contributed by atoms with E-state index in [-0.39, 0.29) is 5.56 Å². The Balaban J connectivity index is 2.15. The predicted molar refractivity (Wildman–Crippen MR) is 66.7 cm³/mol. The fraction of sp³-hybridized carbons (Fsp3) is 0.143. The number of carboxylic acid groups (broad SMARTS) is 1. The van der Waals surface area contributed by atoms with Crippen LogP contribution in [0.25, 0.3) is 0 Å². The smallest absolute Gasteiger partial charge is 0.336 e. The lowest BCUT2D eigenvalue weighted by Crippen LogP contribution is -2.03. The van der Waals surface area contributed by atoms with Gasteiger partial charge in [-0.2, -0.15) is 0 Å². The molecule has 0 aliphatic heterocycles. The lowest BCUT2D eigenvalue weighted by Gasteiger charge is -2.10. The van der Waals surface area contributed by atoms with Crippen LogP contribution in [0.15, 0.2) is 42.6 Å². The molecule has 0 amide bonds. The number of aromatic carboxylic acids is 1. The summed E-state index contributed by atoms with van der Waals surface area (Å²) in [7, 11) is 0. The second kappa shape index (κ2) is 5.31. The average molecular weight is 243 g/mol. The minimum Gasteiger partial charge on any atom is -0.487 e. The Morgan fingerprint density at radius 3 is 2.78 bits per heavy atom. The highest BCUT2D eigenvalue weighted by Gasteiger charge is 2.10. The van der Waals surface area contributed by atoms with Crippen LogP contribution in [0.4, 0.5) is 0 Å². The van der Waals surface area contributed by atoms with E-state index in [1.165, 1.54) is 0 Å². The number of hydrogen-bond donors (Lipinski definition) is 1. The third-order valence-corrected chi connectivity index (χ3v) is 2.62. The first-order chi connectivity index (χ1) is 8.68. The first-order valence-electron chi connectivity index (χ1n) is 5.54. The number of ether oxygens (including phenoxy) is 1. The molecule has 0 atom stereocenters. The molecule has 0 aliphatic carbocycles. The van der Waals surface area contributed by atoms with Crippen LogP contribution in [0, 0.1) is 6.92 Å². The number of benzene rings is 1. The molecule has 0 saturated carbocycles. The number of carbonyl (C=O) groups is 1. The van der Waals surface area contributed by atoms with Gasteiger partial charge in [-0.3, -0.25) is 4.98 Å². The van der Waals surface area contributed by atoms with Gasteiger partial charge in [-0.25, -0.2) is 4.79 Å².